The number of fused-ring (bicyclic) bond motifs is 3. The number of nitrogens with one attached hydrogen (secondary N) is 1. The third-order valence-corrected chi connectivity index (χ3v) is 6.68. The van der Waals surface area contributed by atoms with Gasteiger partial charge in [0, 0.05) is 55.0 Å². The number of hydrogen-bond donors (Lipinski definition) is 1. The molecule has 9 heteroatoms. The van der Waals surface area contributed by atoms with Crippen LogP contribution in [0.15, 0.2) is 42.7 Å². The van der Waals surface area contributed by atoms with E-state index in [4.69, 9.17) is 4.74 Å². The fourth-order valence-corrected chi connectivity index (χ4v) is 4.81. The van der Waals surface area contributed by atoms with Crippen molar-refractivity contribution in [1.82, 2.24) is 19.3 Å². The Hall–Kier alpha value is -4.45. The fourth-order valence-electron chi connectivity index (χ4n) is 4.81. The number of carbonyl (C=O) groups is 1. The second kappa shape index (κ2) is 8.09. The lowest BCUT2D eigenvalue weighted by atomic mass is 9.95. The van der Waals surface area contributed by atoms with Crippen LogP contribution < -0.4 is 10.1 Å². The molecule has 0 bridgehead atoms. The van der Waals surface area contributed by atoms with Crippen LogP contribution in [-0.4, -0.2) is 45.4 Å². The van der Waals surface area contributed by atoms with Gasteiger partial charge in [-0.15, -0.1) is 0 Å². The lowest BCUT2D eigenvalue weighted by Crippen LogP contribution is -2.34. The molecule has 8 nitrogen and oxygen atoms in total. The average Bonchev–Trinajstić information content (AvgIpc) is 3.53. The van der Waals surface area contributed by atoms with E-state index in [1.807, 2.05) is 18.2 Å². The molecule has 2 aliphatic rings. The number of carbonyl (C=O) groups excluding carboxylic acids is 1. The summed E-state index contributed by atoms with van der Waals surface area (Å²) in [6.07, 6.45) is 4.73. The molecule has 6 rings (SSSR count). The number of ether oxygens (including phenoxy) is 1. The molecule has 0 atom stereocenters. The lowest BCUT2D eigenvalue weighted by Gasteiger charge is -2.25. The van der Waals surface area contributed by atoms with Gasteiger partial charge in [-0.3, -0.25) is 9.20 Å². The second-order valence-corrected chi connectivity index (χ2v) is 8.73. The van der Waals surface area contributed by atoms with Crippen LogP contribution in [0.3, 0.4) is 0 Å². The molecule has 4 heterocycles. The maximum atomic E-state index is 14.6. The SMILES string of the molecule is CN1CCc2cc(-c3cnc(NCc4c(F)ccc5c4CCO5)n4cc(C#N)nc34)ccc2C1=O. The quantitative estimate of drug-likeness (QED) is 0.492. The number of benzene rings is 2. The highest BCUT2D eigenvalue weighted by molar-refractivity contribution is 5.97. The van der Waals surface area contributed by atoms with Crippen LogP contribution in [0.2, 0.25) is 0 Å². The first-order valence-corrected chi connectivity index (χ1v) is 11.4. The van der Waals surface area contributed by atoms with E-state index in [9.17, 15) is 14.4 Å². The number of rotatable bonds is 4. The van der Waals surface area contributed by atoms with Crippen molar-refractivity contribution in [3.63, 3.8) is 0 Å². The summed E-state index contributed by atoms with van der Waals surface area (Å²) in [4.78, 5) is 23.3. The Morgan fingerprint density at radius 1 is 1.23 bits per heavy atom. The van der Waals surface area contributed by atoms with Crippen LogP contribution in [0.4, 0.5) is 10.3 Å². The first kappa shape index (κ1) is 21.1. The summed E-state index contributed by atoms with van der Waals surface area (Å²) in [6.45, 7) is 1.42. The van der Waals surface area contributed by atoms with E-state index in [0.717, 1.165) is 28.7 Å². The van der Waals surface area contributed by atoms with Crippen molar-refractivity contribution in [2.75, 3.05) is 25.5 Å². The summed E-state index contributed by atoms with van der Waals surface area (Å²) in [6, 6.07) is 10.9. The molecule has 0 fully saturated rings. The van der Waals surface area contributed by atoms with E-state index >= 15 is 0 Å². The van der Waals surface area contributed by atoms with E-state index < -0.39 is 0 Å². The van der Waals surface area contributed by atoms with Crippen molar-refractivity contribution in [2.24, 2.45) is 0 Å². The third kappa shape index (κ3) is 3.46. The molecule has 1 amide bonds. The maximum absolute atomic E-state index is 14.6. The van der Waals surface area contributed by atoms with Crippen LogP contribution in [0.1, 0.15) is 32.7 Å². The summed E-state index contributed by atoms with van der Waals surface area (Å²) >= 11 is 0. The molecule has 0 radical (unpaired) electrons. The van der Waals surface area contributed by atoms with Crippen molar-refractivity contribution in [1.29, 1.82) is 5.26 Å². The molecular formula is C26H21FN6O2. The molecule has 174 valence electrons. The molecule has 35 heavy (non-hydrogen) atoms. The fraction of sp³-hybridized carbons (Fsp3) is 0.231. The second-order valence-electron chi connectivity index (χ2n) is 8.73. The van der Waals surface area contributed by atoms with E-state index in [1.54, 1.807) is 34.8 Å². The highest BCUT2D eigenvalue weighted by Crippen LogP contribution is 2.32. The molecule has 4 aromatic rings. The van der Waals surface area contributed by atoms with E-state index in [0.29, 0.717) is 48.0 Å². The normalized spacial score (nSPS) is 14.4. The Balaban J connectivity index is 1.38. The number of imidazole rings is 1. The lowest BCUT2D eigenvalue weighted by molar-refractivity contribution is 0.0781. The van der Waals surface area contributed by atoms with Crippen LogP contribution in [0.25, 0.3) is 16.8 Å². The number of anilines is 1. The molecular weight excluding hydrogens is 447 g/mol. The van der Waals surface area contributed by atoms with Crippen LogP contribution in [-0.2, 0) is 19.4 Å². The van der Waals surface area contributed by atoms with Gasteiger partial charge in [-0.1, -0.05) is 12.1 Å². The van der Waals surface area contributed by atoms with Gasteiger partial charge < -0.3 is 15.0 Å². The molecule has 2 aromatic heterocycles. The number of likely N-dealkylation sites (N-methyl/N-ethyl adjacent to an activating group) is 1. The van der Waals surface area contributed by atoms with Gasteiger partial charge in [0.15, 0.2) is 11.3 Å². The minimum absolute atomic E-state index is 0.0122. The first-order chi connectivity index (χ1) is 17.0. The zero-order valence-electron chi connectivity index (χ0n) is 19.0. The highest BCUT2D eigenvalue weighted by atomic mass is 19.1. The predicted molar refractivity (Wildman–Crippen MR) is 127 cm³/mol. The Morgan fingerprint density at radius 2 is 2.11 bits per heavy atom. The largest absolute Gasteiger partial charge is 0.493 e. The predicted octanol–water partition coefficient (Wildman–Crippen LogP) is 3.58. The van der Waals surface area contributed by atoms with Gasteiger partial charge >= 0.3 is 0 Å². The maximum Gasteiger partial charge on any atom is 0.253 e. The number of nitrogens with zero attached hydrogens (tertiary/aromatic N) is 5. The summed E-state index contributed by atoms with van der Waals surface area (Å²) in [5.74, 6) is 0.872. The smallest absolute Gasteiger partial charge is 0.253 e. The first-order valence-electron chi connectivity index (χ1n) is 11.4. The zero-order valence-corrected chi connectivity index (χ0v) is 19.0. The van der Waals surface area contributed by atoms with Crippen molar-refractivity contribution in [3.05, 3.63) is 76.5 Å². The number of halogens is 1. The zero-order chi connectivity index (χ0) is 24.1. The highest BCUT2D eigenvalue weighted by Gasteiger charge is 2.23. The number of nitriles is 1. The summed E-state index contributed by atoms with van der Waals surface area (Å²) in [5.41, 5.74) is 5.50. The molecule has 0 aliphatic carbocycles. The topological polar surface area (TPSA) is 95.6 Å². The van der Waals surface area contributed by atoms with Crippen molar-refractivity contribution in [2.45, 2.75) is 19.4 Å². The minimum atomic E-state index is -0.299. The summed E-state index contributed by atoms with van der Waals surface area (Å²) in [5, 5.41) is 12.7. The van der Waals surface area contributed by atoms with Gasteiger partial charge in [0.2, 0.25) is 5.95 Å². The van der Waals surface area contributed by atoms with Gasteiger partial charge in [0.1, 0.15) is 17.6 Å². The minimum Gasteiger partial charge on any atom is -0.493 e. The molecule has 0 spiro atoms. The third-order valence-electron chi connectivity index (χ3n) is 6.68. The molecule has 2 aliphatic heterocycles. The molecule has 0 saturated heterocycles. The van der Waals surface area contributed by atoms with Gasteiger partial charge in [-0.05, 0) is 35.7 Å². The van der Waals surface area contributed by atoms with Crippen LogP contribution >= 0.6 is 0 Å². The Kier molecular flexibility index (Phi) is 4.88. The standard InChI is InChI=1S/C26H21FN6O2/c1-32-8-6-16-10-15(2-3-18(16)25(32)34)20-12-29-26(33-14-17(11-28)31-24(20)33)30-13-21-19-7-9-35-23(19)5-4-22(21)27/h2-5,10,12,14H,6-9,13H2,1H3,(H,29,30). The van der Waals surface area contributed by atoms with Crippen LogP contribution in [0, 0.1) is 17.1 Å². The van der Waals surface area contributed by atoms with Gasteiger partial charge in [0.05, 0.1) is 12.8 Å². The molecule has 2 aromatic carbocycles. The summed E-state index contributed by atoms with van der Waals surface area (Å²) < 4.78 is 21.9. The Bertz CT molecular complexity index is 1550. The number of hydrogen-bond acceptors (Lipinski definition) is 6. The van der Waals surface area contributed by atoms with E-state index in [2.05, 4.69) is 21.4 Å². The van der Waals surface area contributed by atoms with Crippen molar-refractivity contribution in [3.8, 4) is 22.9 Å². The Morgan fingerprint density at radius 3 is 2.97 bits per heavy atom. The number of amides is 1. The van der Waals surface area contributed by atoms with Crippen molar-refractivity contribution < 1.29 is 13.9 Å². The molecule has 0 saturated carbocycles. The summed E-state index contributed by atoms with van der Waals surface area (Å²) in [7, 11) is 1.80. The molecule has 0 unspecified atom stereocenters. The van der Waals surface area contributed by atoms with Crippen molar-refractivity contribution >= 4 is 17.5 Å². The van der Waals surface area contributed by atoms with Gasteiger partial charge in [-0.2, -0.15) is 5.26 Å². The monoisotopic (exact) mass is 468 g/mol. The van der Waals surface area contributed by atoms with Gasteiger partial charge in [0.25, 0.3) is 5.91 Å². The Labute approximate surface area is 200 Å². The average molecular weight is 468 g/mol. The van der Waals surface area contributed by atoms with Crippen LogP contribution in [0.5, 0.6) is 5.75 Å². The van der Waals surface area contributed by atoms with E-state index in [-0.39, 0.29) is 24.0 Å². The van der Waals surface area contributed by atoms with E-state index in [1.165, 1.54) is 6.07 Å². The van der Waals surface area contributed by atoms with Gasteiger partial charge in [-0.25, -0.2) is 14.4 Å². The molecule has 1 N–H and O–H groups in total. The number of aromatic nitrogens is 3.